The summed E-state index contributed by atoms with van der Waals surface area (Å²) < 4.78 is 15.1. The van der Waals surface area contributed by atoms with Gasteiger partial charge in [0.1, 0.15) is 11.9 Å². The van der Waals surface area contributed by atoms with Gasteiger partial charge in [-0.1, -0.05) is 18.6 Å². The number of nitrogens with zero attached hydrogens (tertiary/aromatic N) is 3. The maximum Gasteiger partial charge on any atom is 0.251 e. The summed E-state index contributed by atoms with van der Waals surface area (Å²) in [5.41, 5.74) is 4.59. The molecule has 3 atom stereocenters. The minimum atomic E-state index is -0.528. The van der Waals surface area contributed by atoms with Gasteiger partial charge < -0.3 is 10.2 Å². The van der Waals surface area contributed by atoms with E-state index >= 15 is 0 Å². The van der Waals surface area contributed by atoms with Gasteiger partial charge in [0, 0.05) is 24.3 Å². The van der Waals surface area contributed by atoms with E-state index in [0.29, 0.717) is 23.8 Å². The van der Waals surface area contributed by atoms with Crippen LogP contribution in [-0.2, 0) is 4.79 Å². The minimum absolute atomic E-state index is 0.0307. The molecule has 1 saturated carbocycles. The fraction of sp³-hybridized carbons (Fsp3) is 0.452. The van der Waals surface area contributed by atoms with E-state index in [1.165, 1.54) is 17.7 Å². The topological polar surface area (TPSA) is 67.2 Å². The molecule has 6 nitrogen and oxygen atoms in total. The zero-order valence-corrected chi connectivity index (χ0v) is 22.3. The molecule has 38 heavy (non-hydrogen) atoms. The summed E-state index contributed by atoms with van der Waals surface area (Å²) in [6.45, 7) is 5.48. The van der Waals surface area contributed by atoms with Gasteiger partial charge in [-0.25, -0.2) is 9.07 Å². The number of carbonyl (C=O) groups excluding carboxylic acids is 2. The van der Waals surface area contributed by atoms with Crippen LogP contribution in [0.15, 0.2) is 54.6 Å². The van der Waals surface area contributed by atoms with Gasteiger partial charge in [-0.2, -0.15) is 5.10 Å². The number of hydrogen-bond donors (Lipinski definition) is 1. The lowest BCUT2D eigenvalue weighted by atomic mass is 10.0. The van der Waals surface area contributed by atoms with Crippen molar-refractivity contribution >= 4 is 11.8 Å². The molecule has 0 radical (unpaired) electrons. The fourth-order valence-electron chi connectivity index (χ4n) is 5.75. The van der Waals surface area contributed by atoms with Crippen LogP contribution in [-0.4, -0.2) is 45.6 Å². The number of aryl methyl sites for hydroxylation is 2. The molecule has 200 valence electrons. The standard InChI is InChI=1S/C31H37FN4O2/c1-21-19-22(2)36(34-21)27-15-11-24(12-16-27)30(37)33-29(31(38)35-17-4-3-5-18-35)8-6-7-25-20-28(25)23-9-13-26(32)14-10-23/h9-16,19,25,28-29H,3-8,17-18,20H2,1-2H3,(H,33,37)/t25-,28+,29+/m1/s1. The van der Waals surface area contributed by atoms with Crippen molar-refractivity contribution in [2.75, 3.05) is 13.1 Å². The third-order valence-electron chi connectivity index (χ3n) is 7.94. The first-order valence-electron chi connectivity index (χ1n) is 13.9. The van der Waals surface area contributed by atoms with Gasteiger partial charge >= 0.3 is 0 Å². The molecule has 2 fully saturated rings. The third kappa shape index (κ3) is 6.14. The van der Waals surface area contributed by atoms with E-state index in [0.717, 1.165) is 68.7 Å². The number of likely N-dealkylation sites (tertiary alicyclic amines) is 1. The first-order chi connectivity index (χ1) is 18.4. The quantitative estimate of drug-likeness (QED) is 0.396. The maximum absolute atomic E-state index is 13.4. The van der Waals surface area contributed by atoms with Gasteiger partial charge in [0.2, 0.25) is 5.91 Å². The van der Waals surface area contributed by atoms with Gasteiger partial charge in [-0.05, 0) is 112 Å². The van der Waals surface area contributed by atoms with E-state index in [9.17, 15) is 14.0 Å². The van der Waals surface area contributed by atoms with Crippen molar-refractivity contribution in [2.24, 2.45) is 5.92 Å². The summed E-state index contributed by atoms with van der Waals surface area (Å²) in [5, 5.41) is 7.56. The van der Waals surface area contributed by atoms with Crippen LogP contribution in [0, 0.1) is 25.6 Å². The SMILES string of the molecule is Cc1cc(C)n(-c2ccc(C(=O)N[C@@H](CCC[C@@H]3C[C@H]3c3ccc(F)cc3)C(=O)N3CCCCC3)cc2)n1. The maximum atomic E-state index is 13.4. The molecule has 3 aromatic rings. The first kappa shape index (κ1) is 26.1. The predicted molar refractivity (Wildman–Crippen MR) is 146 cm³/mol. The molecule has 2 amide bonds. The molecule has 1 aliphatic heterocycles. The first-order valence-corrected chi connectivity index (χ1v) is 13.9. The Labute approximate surface area is 224 Å². The molecule has 0 spiro atoms. The zero-order chi connectivity index (χ0) is 26.6. The van der Waals surface area contributed by atoms with E-state index in [1.54, 1.807) is 12.1 Å². The Hall–Kier alpha value is -3.48. The number of nitrogens with one attached hydrogen (secondary N) is 1. The molecule has 1 saturated heterocycles. The van der Waals surface area contributed by atoms with E-state index < -0.39 is 6.04 Å². The van der Waals surface area contributed by atoms with E-state index in [2.05, 4.69) is 10.4 Å². The Morgan fingerprint density at radius 2 is 1.74 bits per heavy atom. The second-order valence-electron chi connectivity index (χ2n) is 10.9. The average molecular weight is 517 g/mol. The summed E-state index contributed by atoms with van der Waals surface area (Å²) in [4.78, 5) is 28.5. The largest absolute Gasteiger partial charge is 0.341 e. The average Bonchev–Trinajstić information content (AvgIpc) is 3.62. The van der Waals surface area contributed by atoms with Crippen molar-refractivity contribution in [1.29, 1.82) is 0 Å². The number of piperidine rings is 1. The fourth-order valence-corrected chi connectivity index (χ4v) is 5.75. The van der Waals surface area contributed by atoms with Crippen LogP contribution in [0.3, 0.4) is 0 Å². The Morgan fingerprint density at radius 3 is 2.39 bits per heavy atom. The lowest BCUT2D eigenvalue weighted by Gasteiger charge is -2.31. The Morgan fingerprint density at radius 1 is 1.03 bits per heavy atom. The number of rotatable bonds is 9. The molecular weight excluding hydrogens is 479 g/mol. The molecule has 0 unspecified atom stereocenters. The number of aromatic nitrogens is 2. The van der Waals surface area contributed by atoms with Crippen LogP contribution in [0.4, 0.5) is 4.39 Å². The lowest BCUT2D eigenvalue weighted by molar-refractivity contribution is -0.134. The number of amides is 2. The Kier molecular flexibility index (Phi) is 7.91. The molecule has 2 heterocycles. The highest BCUT2D eigenvalue weighted by molar-refractivity contribution is 5.97. The van der Waals surface area contributed by atoms with E-state index in [1.807, 2.05) is 53.8 Å². The molecule has 1 aromatic heterocycles. The highest BCUT2D eigenvalue weighted by atomic mass is 19.1. The third-order valence-corrected chi connectivity index (χ3v) is 7.94. The van der Waals surface area contributed by atoms with Gasteiger partial charge in [0.05, 0.1) is 11.4 Å². The monoisotopic (exact) mass is 516 g/mol. The zero-order valence-electron chi connectivity index (χ0n) is 22.3. The number of benzene rings is 2. The molecule has 2 aromatic carbocycles. The van der Waals surface area contributed by atoms with Crippen molar-refractivity contribution in [3.05, 3.63) is 82.9 Å². The molecule has 5 rings (SSSR count). The Bertz CT molecular complexity index is 1260. The summed E-state index contributed by atoms with van der Waals surface area (Å²) in [6.07, 6.45) is 6.77. The summed E-state index contributed by atoms with van der Waals surface area (Å²) in [7, 11) is 0. The smallest absolute Gasteiger partial charge is 0.251 e. The van der Waals surface area contributed by atoms with Crippen molar-refractivity contribution < 1.29 is 14.0 Å². The molecule has 1 N–H and O–H groups in total. The van der Waals surface area contributed by atoms with Crippen LogP contribution >= 0.6 is 0 Å². The van der Waals surface area contributed by atoms with E-state index in [4.69, 9.17) is 0 Å². The van der Waals surface area contributed by atoms with Gasteiger partial charge in [0.15, 0.2) is 0 Å². The Balaban J connectivity index is 1.21. The van der Waals surface area contributed by atoms with Crippen LogP contribution in [0.25, 0.3) is 5.69 Å². The number of halogens is 1. The normalized spacial score (nSPS) is 19.7. The minimum Gasteiger partial charge on any atom is -0.341 e. The molecular formula is C31H37FN4O2. The van der Waals surface area contributed by atoms with Crippen molar-refractivity contribution in [3.63, 3.8) is 0 Å². The highest BCUT2D eigenvalue weighted by Crippen LogP contribution is 2.50. The molecule has 7 heteroatoms. The number of hydrogen-bond acceptors (Lipinski definition) is 3. The summed E-state index contributed by atoms with van der Waals surface area (Å²) in [5.74, 6) is 0.632. The molecule has 1 aliphatic carbocycles. The summed E-state index contributed by atoms with van der Waals surface area (Å²) in [6, 6.07) is 15.7. The summed E-state index contributed by atoms with van der Waals surface area (Å²) >= 11 is 0. The predicted octanol–water partition coefficient (Wildman–Crippen LogP) is 5.71. The van der Waals surface area contributed by atoms with Crippen LogP contribution in [0.1, 0.15) is 78.2 Å². The highest BCUT2D eigenvalue weighted by Gasteiger charge is 2.38. The molecule has 2 aliphatic rings. The van der Waals surface area contributed by atoms with Gasteiger partial charge in [-0.15, -0.1) is 0 Å². The lowest BCUT2D eigenvalue weighted by Crippen LogP contribution is -2.50. The van der Waals surface area contributed by atoms with E-state index in [-0.39, 0.29) is 17.6 Å². The van der Waals surface area contributed by atoms with Crippen molar-refractivity contribution in [1.82, 2.24) is 20.0 Å². The second kappa shape index (κ2) is 11.5. The van der Waals surface area contributed by atoms with Gasteiger partial charge in [0.25, 0.3) is 5.91 Å². The van der Waals surface area contributed by atoms with Crippen LogP contribution < -0.4 is 5.32 Å². The van der Waals surface area contributed by atoms with Crippen LogP contribution in [0.5, 0.6) is 0 Å². The van der Waals surface area contributed by atoms with Crippen molar-refractivity contribution in [2.45, 2.75) is 70.8 Å². The second-order valence-corrected chi connectivity index (χ2v) is 10.9. The molecule has 0 bridgehead atoms. The van der Waals surface area contributed by atoms with Crippen molar-refractivity contribution in [3.8, 4) is 5.69 Å². The van der Waals surface area contributed by atoms with Crippen LogP contribution in [0.2, 0.25) is 0 Å². The van der Waals surface area contributed by atoms with Gasteiger partial charge in [-0.3, -0.25) is 9.59 Å². The number of carbonyl (C=O) groups is 2.